The van der Waals surface area contributed by atoms with E-state index in [1.807, 2.05) is 0 Å². The Morgan fingerprint density at radius 2 is 0.159 bits per heavy atom. The van der Waals surface area contributed by atoms with Crippen LogP contribution in [-0.2, 0) is 0 Å². The van der Waals surface area contributed by atoms with E-state index >= 15 is 0 Å². The van der Waals surface area contributed by atoms with Crippen LogP contribution >= 0.6 is 0 Å². The van der Waals surface area contributed by atoms with Gasteiger partial charge in [-0.25, -0.2) is 0 Å². The molecule has 0 bridgehead atoms. The van der Waals surface area contributed by atoms with Gasteiger partial charge in [-0.05, 0) is 0 Å². The van der Waals surface area contributed by atoms with Crippen molar-refractivity contribution >= 4 is 17.4 Å². The van der Waals surface area contributed by atoms with E-state index < -0.39 is 0 Å². The summed E-state index contributed by atoms with van der Waals surface area (Å²) in [5.41, 5.74) is 0. The van der Waals surface area contributed by atoms with Gasteiger partial charge in [-0.15, -0.1) is 19.8 Å². The molecule has 0 radical (unpaired) electrons. The van der Waals surface area contributed by atoms with Crippen molar-refractivity contribution in [3.63, 3.8) is 0 Å². The molecule has 0 atom stereocenters. The summed E-state index contributed by atoms with van der Waals surface area (Å²) in [6, 6.07) is 0. The van der Waals surface area contributed by atoms with Crippen molar-refractivity contribution in [2.75, 3.05) is 19.8 Å². The third-order valence-corrected chi connectivity index (χ3v) is 19.5. The van der Waals surface area contributed by atoms with Gasteiger partial charge in [0.15, 0.2) is 0 Å². The van der Waals surface area contributed by atoms with Gasteiger partial charge in [0.25, 0.3) is 0 Å². The predicted octanol–water partition coefficient (Wildman–Crippen LogP) is 28.1. The molecule has 0 saturated carbocycles. The molecule has 0 aromatic carbocycles. The normalized spacial score (nSPS) is 11.2. The third kappa shape index (κ3) is 103. The fourth-order valence-electron chi connectivity index (χ4n) is 13.3. The molecule has 0 fully saturated rings. The Morgan fingerprint density at radius 1 is 0.102 bits per heavy atom. The van der Waals surface area contributed by atoms with Gasteiger partial charge in [-0.3, -0.25) is 0 Å². The summed E-state index contributed by atoms with van der Waals surface area (Å²) in [5, 5.41) is 31.1. The first kappa shape index (κ1) is 94.8. The topological polar surface area (TPSA) is 69.2 Å². The number of rotatable bonds is 78. The van der Waals surface area contributed by atoms with Crippen molar-refractivity contribution in [2.45, 2.75) is 522 Å². The maximum atomic E-state index is 10.4. The minimum atomic E-state index is 0. The van der Waals surface area contributed by atoms with Crippen molar-refractivity contribution in [3.8, 4) is 0 Å². The van der Waals surface area contributed by atoms with E-state index in [1.54, 1.807) is 0 Å². The van der Waals surface area contributed by atoms with Crippen LogP contribution in [0.15, 0.2) is 0 Å². The monoisotopic (exact) mass is 1260 g/mol. The minimum absolute atomic E-state index is 0. The van der Waals surface area contributed by atoms with Crippen LogP contribution < -0.4 is 15.3 Å². The van der Waals surface area contributed by atoms with Crippen molar-refractivity contribution in [2.24, 2.45) is 0 Å². The van der Waals surface area contributed by atoms with Crippen molar-refractivity contribution in [1.29, 1.82) is 0 Å². The average molecular weight is 1260 g/mol. The molecule has 0 saturated heterocycles. The van der Waals surface area contributed by atoms with Crippen LogP contribution in [-0.4, -0.2) is 37.2 Å². The van der Waals surface area contributed by atoms with E-state index in [0.29, 0.717) is 0 Å². The molecule has 0 N–H and O–H groups in total. The second-order valence-electron chi connectivity index (χ2n) is 28.6. The second kappa shape index (κ2) is 98.5. The Bertz CT molecular complexity index is 847. The van der Waals surface area contributed by atoms with E-state index in [9.17, 15) is 15.3 Å². The molecule has 3 nitrogen and oxygen atoms in total. The van der Waals surface area contributed by atoms with E-state index in [1.165, 1.54) is 462 Å². The SMILES string of the molecule is CCCCCCCCCCCCCCCCCCCCCCCCCCCC[O-].CCCCCCCCCCCCCCCCCCCCCCCCCCCC[O-].CCCCCCCCCCCCCCCCCCCCCCCCCCCC[O-].[Al+3]. The van der Waals surface area contributed by atoms with Crippen LogP contribution in [0.5, 0.6) is 0 Å². The molecule has 528 valence electrons. The zero-order valence-electron chi connectivity index (χ0n) is 62.1. The Balaban J connectivity index is -0.000000598. The first-order valence-corrected chi connectivity index (χ1v) is 42.0. The van der Waals surface area contributed by atoms with Crippen LogP contribution in [0.25, 0.3) is 0 Å². The fraction of sp³-hybridized carbons (Fsp3) is 1.00. The summed E-state index contributed by atoms with van der Waals surface area (Å²) < 4.78 is 0. The summed E-state index contributed by atoms with van der Waals surface area (Å²) in [6.45, 7) is 7.27. The van der Waals surface area contributed by atoms with Crippen LogP contribution in [0.4, 0.5) is 0 Å². The maximum Gasteiger partial charge on any atom is 3.00 e. The number of hydrogen-bond acceptors (Lipinski definition) is 3. The van der Waals surface area contributed by atoms with Gasteiger partial charge in [0.05, 0.1) is 0 Å². The molecule has 0 unspecified atom stereocenters. The Labute approximate surface area is 570 Å². The van der Waals surface area contributed by atoms with Crippen molar-refractivity contribution < 1.29 is 15.3 Å². The fourth-order valence-corrected chi connectivity index (χ4v) is 13.3. The molecular weight excluding hydrogens is 1080 g/mol. The van der Waals surface area contributed by atoms with Crippen molar-refractivity contribution in [1.82, 2.24) is 0 Å². The first-order valence-electron chi connectivity index (χ1n) is 42.0. The molecule has 0 spiro atoms. The second-order valence-corrected chi connectivity index (χ2v) is 28.6. The molecule has 0 aliphatic heterocycles. The maximum absolute atomic E-state index is 10.4. The molecule has 0 heterocycles. The zero-order chi connectivity index (χ0) is 63.3. The van der Waals surface area contributed by atoms with Gasteiger partial charge in [0.1, 0.15) is 0 Å². The molecule has 0 aliphatic carbocycles. The molecule has 0 aliphatic rings. The first-order chi connectivity index (χ1) is 43.2. The van der Waals surface area contributed by atoms with Crippen LogP contribution in [0.1, 0.15) is 522 Å². The summed E-state index contributed by atoms with van der Waals surface area (Å²) >= 11 is 0. The zero-order valence-corrected chi connectivity index (χ0v) is 63.2. The van der Waals surface area contributed by atoms with Crippen LogP contribution in [0.3, 0.4) is 0 Å². The predicted molar refractivity (Wildman–Crippen MR) is 398 cm³/mol. The molecule has 88 heavy (non-hydrogen) atoms. The van der Waals surface area contributed by atoms with Crippen molar-refractivity contribution in [3.05, 3.63) is 0 Å². The van der Waals surface area contributed by atoms with Crippen LogP contribution in [0, 0.1) is 0 Å². The molecule has 4 heteroatoms. The van der Waals surface area contributed by atoms with Gasteiger partial charge in [0, 0.05) is 0 Å². The number of unbranched alkanes of at least 4 members (excludes halogenated alkanes) is 75. The van der Waals surface area contributed by atoms with E-state index in [-0.39, 0.29) is 37.2 Å². The van der Waals surface area contributed by atoms with Gasteiger partial charge < -0.3 is 15.3 Å². The van der Waals surface area contributed by atoms with Gasteiger partial charge in [-0.1, -0.05) is 522 Å². The van der Waals surface area contributed by atoms with E-state index in [0.717, 1.165) is 38.5 Å². The number of hydrogen-bond donors (Lipinski definition) is 0. The standard InChI is InChI=1S/3C28H57O.Al/c3*1-2-3-4-5-6-7-8-9-10-11-12-13-14-15-16-17-18-19-20-21-22-23-24-25-26-27-28-29;/h3*2-28H2,1H3;/q3*-1;+3. The average Bonchev–Trinajstić information content (AvgIpc) is 3.53. The van der Waals surface area contributed by atoms with E-state index in [4.69, 9.17) is 0 Å². The largest absolute Gasteiger partial charge is 3.00 e. The molecule has 0 amide bonds. The molecule has 0 rings (SSSR count). The smallest absolute Gasteiger partial charge is 0.854 e. The van der Waals surface area contributed by atoms with Gasteiger partial charge in [-0.2, -0.15) is 0 Å². The summed E-state index contributed by atoms with van der Waals surface area (Å²) in [6.07, 6.45) is 110. The quantitative estimate of drug-likeness (QED) is 0.0450. The van der Waals surface area contributed by atoms with Crippen LogP contribution in [0.2, 0.25) is 0 Å². The summed E-state index contributed by atoms with van der Waals surface area (Å²) in [7, 11) is 0. The summed E-state index contributed by atoms with van der Waals surface area (Å²) in [5.74, 6) is 0. The molecule has 0 aromatic heterocycles. The van der Waals surface area contributed by atoms with E-state index in [2.05, 4.69) is 20.8 Å². The minimum Gasteiger partial charge on any atom is -0.854 e. The Morgan fingerprint density at radius 3 is 0.216 bits per heavy atom. The molecular formula is C84H171AlO3. The molecule has 0 aromatic rings. The third-order valence-electron chi connectivity index (χ3n) is 19.5. The van der Waals surface area contributed by atoms with Gasteiger partial charge >= 0.3 is 17.4 Å². The Kier molecular flexibility index (Phi) is 106. The van der Waals surface area contributed by atoms with Gasteiger partial charge in [0.2, 0.25) is 0 Å². The summed E-state index contributed by atoms with van der Waals surface area (Å²) in [4.78, 5) is 0. The Hall–Kier alpha value is 0.412.